The van der Waals surface area contributed by atoms with E-state index in [0.717, 1.165) is 19.6 Å². The molecule has 0 bridgehead atoms. The number of carbonyl (C=O) groups is 1. The Hall–Kier alpha value is -1.35. The Labute approximate surface area is 115 Å². The molecular weight excluding hydrogens is 238 g/mol. The summed E-state index contributed by atoms with van der Waals surface area (Å²) in [5, 5.41) is 0. The predicted molar refractivity (Wildman–Crippen MR) is 76.8 cm³/mol. The molecule has 0 radical (unpaired) electrons. The van der Waals surface area contributed by atoms with Crippen LogP contribution in [0.5, 0.6) is 5.75 Å². The Balaban J connectivity index is 1.89. The molecule has 1 fully saturated rings. The fourth-order valence-electron chi connectivity index (χ4n) is 2.63. The lowest BCUT2D eigenvalue weighted by molar-refractivity contribution is 0.0962. The van der Waals surface area contributed by atoms with E-state index in [0.29, 0.717) is 17.7 Å². The summed E-state index contributed by atoms with van der Waals surface area (Å²) in [5.41, 5.74) is 0.708. The van der Waals surface area contributed by atoms with Gasteiger partial charge in [0.15, 0.2) is 5.78 Å². The molecule has 0 aromatic heterocycles. The van der Waals surface area contributed by atoms with Gasteiger partial charge in [-0.25, -0.2) is 0 Å². The Morgan fingerprint density at radius 3 is 2.53 bits per heavy atom. The average molecular weight is 261 g/mol. The lowest BCUT2D eigenvalue weighted by Crippen LogP contribution is -2.27. The maximum absolute atomic E-state index is 12.2. The molecule has 1 aliphatic rings. The maximum atomic E-state index is 12.2. The average Bonchev–Trinajstić information content (AvgIpc) is 2.73. The third-order valence-corrected chi connectivity index (χ3v) is 3.76. The number of hydrogen-bond donors (Lipinski definition) is 0. The van der Waals surface area contributed by atoms with Crippen molar-refractivity contribution >= 4 is 5.78 Å². The summed E-state index contributed by atoms with van der Waals surface area (Å²) in [6.07, 6.45) is 5.78. The molecule has 0 unspecified atom stereocenters. The zero-order chi connectivity index (χ0) is 13.5. The molecule has 1 saturated heterocycles. The topological polar surface area (TPSA) is 29.5 Å². The van der Waals surface area contributed by atoms with Gasteiger partial charge in [0.2, 0.25) is 0 Å². The van der Waals surface area contributed by atoms with Crippen molar-refractivity contribution in [2.75, 3.05) is 26.7 Å². The Morgan fingerprint density at radius 1 is 1.16 bits per heavy atom. The number of Topliss-reactive ketones (excluding diaryl/α,β-unsaturated/α-hetero) is 1. The van der Waals surface area contributed by atoms with Crippen LogP contribution in [0.3, 0.4) is 0 Å². The number of hydrogen-bond acceptors (Lipinski definition) is 3. The number of nitrogens with zero attached hydrogens (tertiary/aromatic N) is 1. The summed E-state index contributed by atoms with van der Waals surface area (Å²) in [6, 6.07) is 7.48. The standard InChI is InChI=1S/C16H23NO2/c1-19-16-9-5-4-8-14(16)15(18)10-13-17-11-6-2-3-7-12-17/h4-5,8-9H,2-3,6-7,10-13H2,1H3. The van der Waals surface area contributed by atoms with Gasteiger partial charge in [-0.3, -0.25) is 4.79 Å². The molecule has 1 aliphatic heterocycles. The molecule has 1 aromatic rings. The third kappa shape index (κ3) is 4.06. The van der Waals surface area contributed by atoms with E-state index in [4.69, 9.17) is 4.74 Å². The van der Waals surface area contributed by atoms with Crippen molar-refractivity contribution < 1.29 is 9.53 Å². The zero-order valence-electron chi connectivity index (χ0n) is 11.7. The Bertz CT molecular complexity index is 409. The highest BCUT2D eigenvalue weighted by atomic mass is 16.5. The van der Waals surface area contributed by atoms with E-state index in [1.807, 2.05) is 24.3 Å². The van der Waals surface area contributed by atoms with E-state index in [2.05, 4.69) is 4.90 Å². The van der Waals surface area contributed by atoms with Gasteiger partial charge in [-0.15, -0.1) is 0 Å². The van der Waals surface area contributed by atoms with Crippen LogP contribution < -0.4 is 4.74 Å². The number of benzene rings is 1. The number of carbonyl (C=O) groups excluding carboxylic acids is 1. The zero-order valence-corrected chi connectivity index (χ0v) is 11.7. The molecule has 1 heterocycles. The van der Waals surface area contributed by atoms with E-state index in [1.165, 1.54) is 25.7 Å². The summed E-state index contributed by atoms with van der Waals surface area (Å²) in [5.74, 6) is 0.866. The number of ketones is 1. The maximum Gasteiger partial charge on any atom is 0.167 e. The molecule has 0 saturated carbocycles. The lowest BCUT2D eigenvalue weighted by atomic mass is 10.1. The monoisotopic (exact) mass is 261 g/mol. The van der Waals surface area contributed by atoms with Gasteiger partial charge in [-0.2, -0.15) is 0 Å². The van der Waals surface area contributed by atoms with Crippen LogP contribution in [0, 0.1) is 0 Å². The summed E-state index contributed by atoms with van der Waals surface area (Å²) in [7, 11) is 1.61. The van der Waals surface area contributed by atoms with Crippen LogP contribution in [-0.4, -0.2) is 37.4 Å². The minimum absolute atomic E-state index is 0.182. The van der Waals surface area contributed by atoms with E-state index in [9.17, 15) is 4.79 Å². The highest BCUT2D eigenvalue weighted by Gasteiger charge is 2.14. The number of methoxy groups -OCH3 is 1. The van der Waals surface area contributed by atoms with Gasteiger partial charge >= 0.3 is 0 Å². The fraction of sp³-hybridized carbons (Fsp3) is 0.562. The molecular formula is C16H23NO2. The first-order valence-corrected chi connectivity index (χ1v) is 7.20. The van der Waals surface area contributed by atoms with Gasteiger partial charge in [0.25, 0.3) is 0 Å². The SMILES string of the molecule is COc1ccccc1C(=O)CCN1CCCCCC1. The number of rotatable bonds is 5. The second-order valence-electron chi connectivity index (χ2n) is 5.13. The number of likely N-dealkylation sites (tertiary alicyclic amines) is 1. The minimum atomic E-state index is 0.182. The molecule has 0 aliphatic carbocycles. The normalized spacial score (nSPS) is 16.9. The second kappa shape index (κ2) is 7.29. The molecule has 0 N–H and O–H groups in total. The van der Waals surface area contributed by atoms with Gasteiger partial charge in [0.05, 0.1) is 12.7 Å². The molecule has 3 nitrogen and oxygen atoms in total. The smallest absolute Gasteiger partial charge is 0.167 e. The van der Waals surface area contributed by atoms with Crippen LogP contribution >= 0.6 is 0 Å². The first-order chi connectivity index (χ1) is 9.31. The van der Waals surface area contributed by atoms with Crippen molar-refractivity contribution in [2.45, 2.75) is 32.1 Å². The lowest BCUT2D eigenvalue weighted by Gasteiger charge is -2.19. The van der Waals surface area contributed by atoms with E-state index in [1.54, 1.807) is 7.11 Å². The summed E-state index contributed by atoms with van der Waals surface area (Å²) < 4.78 is 5.24. The van der Waals surface area contributed by atoms with Crippen LogP contribution in [0.4, 0.5) is 0 Å². The van der Waals surface area contributed by atoms with Gasteiger partial charge < -0.3 is 9.64 Å². The first-order valence-electron chi connectivity index (χ1n) is 7.20. The highest BCUT2D eigenvalue weighted by molar-refractivity contribution is 5.98. The largest absolute Gasteiger partial charge is 0.496 e. The minimum Gasteiger partial charge on any atom is -0.496 e. The van der Waals surface area contributed by atoms with Crippen molar-refractivity contribution in [3.05, 3.63) is 29.8 Å². The summed E-state index contributed by atoms with van der Waals surface area (Å²) >= 11 is 0. The Kier molecular flexibility index (Phi) is 5.40. The van der Waals surface area contributed by atoms with Crippen LogP contribution in [-0.2, 0) is 0 Å². The first kappa shape index (κ1) is 14.1. The third-order valence-electron chi connectivity index (χ3n) is 3.76. The van der Waals surface area contributed by atoms with Gasteiger partial charge in [-0.05, 0) is 38.1 Å². The molecule has 0 spiro atoms. The van der Waals surface area contributed by atoms with Crippen molar-refractivity contribution in [3.63, 3.8) is 0 Å². The van der Waals surface area contributed by atoms with E-state index < -0.39 is 0 Å². The molecule has 0 amide bonds. The van der Waals surface area contributed by atoms with Gasteiger partial charge in [0.1, 0.15) is 5.75 Å². The van der Waals surface area contributed by atoms with Crippen molar-refractivity contribution in [3.8, 4) is 5.75 Å². The molecule has 2 rings (SSSR count). The molecule has 1 aromatic carbocycles. The fourth-order valence-corrected chi connectivity index (χ4v) is 2.63. The van der Waals surface area contributed by atoms with Crippen LogP contribution in [0.1, 0.15) is 42.5 Å². The predicted octanol–water partition coefficient (Wildman–Crippen LogP) is 3.14. The summed E-state index contributed by atoms with van der Waals surface area (Å²) in [6.45, 7) is 3.15. The van der Waals surface area contributed by atoms with E-state index >= 15 is 0 Å². The molecule has 104 valence electrons. The van der Waals surface area contributed by atoms with E-state index in [-0.39, 0.29) is 5.78 Å². The number of para-hydroxylation sites is 1. The van der Waals surface area contributed by atoms with Crippen molar-refractivity contribution in [2.24, 2.45) is 0 Å². The molecule has 19 heavy (non-hydrogen) atoms. The van der Waals surface area contributed by atoms with Crippen molar-refractivity contribution in [1.29, 1.82) is 0 Å². The van der Waals surface area contributed by atoms with Crippen LogP contribution in [0.15, 0.2) is 24.3 Å². The molecule has 0 atom stereocenters. The summed E-state index contributed by atoms with van der Waals surface area (Å²) in [4.78, 5) is 14.7. The second-order valence-corrected chi connectivity index (χ2v) is 5.13. The van der Waals surface area contributed by atoms with Gasteiger partial charge in [0, 0.05) is 13.0 Å². The van der Waals surface area contributed by atoms with Crippen molar-refractivity contribution in [1.82, 2.24) is 4.90 Å². The van der Waals surface area contributed by atoms with Crippen LogP contribution in [0.25, 0.3) is 0 Å². The van der Waals surface area contributed by atoms with Crippen LogP contribution in [0.2, 0.25) is 0 Å². The highest BCUT2D eigenvalue weighted by Crippen LogP contribution is 2.19. The number of ether oxygens (including phenoxy) is 1. The Morgan fingerprint density at radius 2 is 1.84 bits per heavy atom. The quantitative estimate of drug-likeness (QED) is 0.763. The molecule has 3 heteroatoms. The van der Waals surface area contributed by atoms with Gasteiger partial charge in [-0.1, -0.05) is 25.0 Å².